The minimum Gasteiger partial charge on any atom is -0.492 e. The third kappa shape index (κ3) is 4.39. The summed E-state index contributed by atoms with van der Waals surface area (Å²) in [7, 11) is 1.72. The van der Waals surface area contributed by atoms with Gasteiger partial charge in [0.1, 0.15) is 11.3 Å². The SMILES string of the molecule is CCOc1cccc2c(C)nc(NC3=NCN(CCCOC)CN3)nc12. The molecule has 3 rings (SSSR count). The number of aryl methyl sites for hydroxylation is 1. The zero-order valence-electron chi connectivity index (χ0n) is 15.6. The Morgan fingerprint density at radius 1 is 1.31 bits per heavy atom. The number of nitrogens with one attached hydrogen (secondary N) is 2. The minimum atomic E-state index is 0.515. The van der Waals surface area contributed by atoms with Crippen LogP contribution in [0.25, 0.3) is 10.9 Å². The van der Waals surface area contributed by atoms with Crippen LogP contribution in [0, 0.1) is 6.92 Å². The van der Waals surface area contributed by atoms with Gasteiger partial charge in [0.05, 0.1) is 25.6 Å². The summed E-state index contributed by atoms with van der Waals surface area (Å²) < 4.78 is 10.8. The van der Waals surface area contributed by atoms with E-state index in [0.29, 0.717) is 25.2 Å². The molecule has 1 aromatic carbocycles. The van der Waals surface area contributed by atoms with Gasteiger partial charge >= 0.3 is 0 Å². The van der Waals surface area contributed by atoms with Gasteiger partial charge in [-0.2, -0.15) is 0 Å². The number of nitrogens with zero attached hydrogens (tertiary/aromatic N) is 4. The number of aromatic nitrogens is 2. The molecule has 2 aromatic rings. The molecule has 0 bridgehead atoms. The summed E-state index contributed by atoms with van der Waals surface area (Å²) in [6.45, 7) is 7.60. The largest absolute Gasteiger partial charge is 0.492 e. The first-order valence-corrected chi connectivity index (χ1v) is 8.88. The molecule has 8 heteroatoms. The molecule has 0 radical (unpaired) electrons. The highest BCUT2D eigenvalue weighted by molar-refractivity contribution is 5.94. The summed E-state index contributed by atoms with van der Waals surface area (Å²) in [5.41, 5.74) is 1.71. The fourth-order valence-corrected chi connectivity index (χ4v) is 2.84. The molecular formula is C18H26N6O2. The fraction of sp³-hybridized carbons (Fsp3) is 0.500. The Hall–Kier alpha value is -2.45. The summed E-state index contributed by atoms with van der Waals surface area (Å²) in [4.78, 5) is 15.9. The summed E-state index contributed by atoms with van der Waals surface area (Å²) in [6.07, 6.45) is 0.990. The van der Waals surface area contributed by atoms with Crippen LogP contribution in [-0.4, -0.2) is 61.0 Å². The highest BCUT2D eigenvalue weighted by Crippen LogP contribution is 2.26. The maximum Gasteiger partial charge on any atom is 0.230 e. The second-order valence-corrected chi connectivity index (χ2v) is 6.07. The van der Waals surface area contributed by atoms with Crippen LogP contribution in [0.3, 0.4) is 0 Å². The lowest BCUT2D eigenvalue weighted by Crippen LogP contribution is -2.46. The Bertz CT molecular complexity index is 780. The van der Waals surface area contributed by atoms with Gasteiger partial charge in [0, 0.05) is 25.6 Å². The zero-order chi connectivity index (χ0) is 18.4. The molecule has 0 saturated carbocycles. The molecule has 1 aromatic heterocycles. The molecule has 140 valence electrons. The van der Waals surface area contributed by atoms with Crippen molar-refractivity contribution in [3.63, 3.8) is 0 Å². The number of anilines is 1. The van der Waals surface area contributed by atoms with Crippen molar-refractivity contribution in [2.24, 2.45) is 4.99 Å². The van der Waals surface area contributed by atoms with Crippen molar-refractivity contribution >= 4 is 22.8 Å². The average molecular weight is 358 g/mol. The monoisotopic (exact) mass is 358 g/mol. The van der Waals surface area contributed by atoms with Crippen molar-refractivity contribution in [1.29, 1.82) is 0 Å². The number of guanidine groups is 1. The standard InChI is InChI=1S/C18H26N6O2/c1-4-26-15-8-5-7-14-13(2)21-18(22-16(14)15)23-17-19-11-24(12-20-17)9-6-10-25-3/h5,7-8H,4,6,9-12H2,1-3H3,(H2,19,20,21,22,23). The van der Waals surface area contributed by atoms with Crippen molar-refractivity contribution in [2.45, 2.75) is 20.3 Å². The molecule has 0 unspecified atom stereocenters. The lowest BCUT2D eigenvalue weighted by Gasteiger charge is -2.26. The third-order valence-corrected chi connectivity index (χ3v) is 4.13. The van der Waals surface area contributed by atoms with Gasteiger partial charge in [-0.1, -0.05) is 12.1 Å². The van der Waals surface area contributed by atoms with Crippen molar-refractivity contribution in [1.82, 2.24) is 20.2 Å². The number of ether oxygens (including phenoxy) is 2. The van der Waals surface area contributed by atoms with E-state index in [9.17, 15) is 0 Å². The highest BCUT2D eigenvalue weighted by Gasteiger charge is 2.14. The van der Waals surface area contributed by atoms with Gasteiger partial charge in [0.2, 0.25) is 11.9 Å². The van der Waals surface area contributed by atoms with E-state index in [-0.39, 0.29) is 0 Å². The molecule has 26 heavy (non-hydrogen) atoms. The molecule has 0 aliphatic carbocycles. The summed E-state index contributed by atoms with van der Waals surface area (Å²) in [5, 5.41) is 7.44. The maximum absolute atomic E-state index is 5.70. The van der Waals surface area contributed by atoms with Crippen LogP contribution in [0.4, 0.5) is 5.95 Å². The van der Waals surface area contributed by atoms with Crippen molar-refractivity contribution in [3.8, 4) is 5.75 Å². The van der Waals surface area contributed by atoms with Gasteiger partial charge in [-0.15, -0.1) is 0 Å². The number of hydrogen-bond donors (Lipinski definition) is 2. The Balaban J connectivity index is 1.72. The van der Waals surface area contributed by atoms with E-state index in [1.54, 1.807) is 7.11 Å². The zero-order valence-corrected chi connectivity index (χ0v) is 15.6. The quantitative estimate of drug-likeness (QED) is 0.732. The number of hydrogen-bond acceptors (Lipinski definition) is 8. The summed E-state index contributed by atoms with van der Waals surface area (Å²) in [6, 6.07) is 5.89. The summed E-state index contributed by atoms with van der Waals surface area (Å²) >= 11 is 0. The number of fused-ring (bicyclic) bond motifs is 1. The molecular weight excluding hydrogens is 332 g/mol. The molecule has 0 amide bonds. The van der Waals surface area contributed by atoms with Crippen LogP contribution < -0.4 is 15.4 Å². The first-order valence-electron chi connectivity index (χ1n) is 8.88. The van der Waals surface area contributed by atoms with E-state index < -0.39 is 0 Å². The number of benzene rings is 1. The molecule has 2 N–H and O–H groups in total. The van der Waals surface area contributed by atoms with Crippen LogP contribution in [0.1, 0.15) is 19.0 Å². The Labute approximate surface area is 153 Å². The van der Waals surface area contributed by atoms with Crippen molar-refractivity contribution in [2.75, 3.05) is 45.5 Å². The third-order valence-electron chi connectivity index (χ3n) is 4.13. The second-order valence-electron chi connectivity index (χ2n) is 6.07. The van der Waals surface area contributed by atoms with Gasteiger partial charge in [0.25, 0.3) is 0 Å². The van der Waals surface area contributed by atoms with Crippen LogP contribution in [-0.2, 0) is 4.74 Å². The molecule has 0 fully saturated rings. The van der Waals surface area contributed by atoms with E-state index in [1.165, 1.54) is 0 Å². The van der Waals surface area contributed by atoms with E-state index in [4.69, 9.17) is 9.47 Å². The van der Waals surface area contributed by atoms with Crippen molar-refractivity contribution < 1.29 is 9.47 Å². The van der Waals surface area contributed by atoms with Gasteiger partial charge in [0.15, 0.2) is 0 Å². The fourth-order valence-electron chi connectivity index (χ4n) is 2.84. The van der Waals surface area contributed by atoms with Gasteiger partial charge in [-0.3, -0.25) is 10.2 Å². The van der Waals surface area contributed by atoms with Gasteiger partial charge in [-0.25, -0.2) is 15.0 Å². The Morgan fingerprint density at radius 3 is 2.92 bits per heavy atom. The predicted octanol–water partition coefficient (Wildman–Crippen LogP) is 1.96. The molecule has 2 heterocycles. The molecule has 0 saturated heterocycles. The van der Waals surface area contributed by atoms with E-state index in [0.717, 1.165) is 48.6 Å². The molecule has 0 atom stereocenters. The van der Waals surface area contributed by atoms with Gasteiger partial charge in [-0.05, 0) is 26.3 Å². The van der Waals surface area contributed by atoms with Crippen molar-refractivity contribution in [3.05, 3.63) is 23.9 Å². The average Bonchev–Trinajstić information content (AvgIpc) is 2.64. The van der Waals surface area contributed by atoms with Gasteiger partial charge < -0.3 is 14.8 Å². The Morgan fingerprint density at radius 2 is 2.19 bits per heavy atom. The van der Waals surface area contributed by atoms with Crippen LogP contribution in [0.15, 0.2) is 23.2 Å². The first-order chi connectivity index (χ1) is 12.7. The van der Waals surface area contributed by atoms with Crippen LogP contribution >= 0.6 is 0 Å². The van der Waals surface area contributed by atoms with E-state index >= 15 is 0 Å². The normalized spacial score (nSPS) is 14.8. The predicted molar refractivity (Wildman–Crippen MR) is 103 cm³/mol. The number of aliphatic imine (C=N–C) groups is 1. The molecule has 0 spiro atoms. The maximum atomic E-state index is 5.70. The smallest absolute Gasteiger partial charge is 0.230 e. The number of methoxy groups -OCH3 is 1. The highest BCUT2D eigenvalue weighted by atomic mass is 16.5. The lowest BCUT2D eigenvalue weighted by atomic mass is 10.2. The van der Waals surface area contributed by atoms with Crippen LogP contribution in [0.2, 0.25) is 0 Å². The number of para-hydroxylation sites is 1. The number of rotatable bonds is 7. The summed E-state index contributed by atoms with van der Waals surface area (Å²) in [5.74, 6) is 1.96. The molecule has 1 aliphatic rings. The lowest BCUT2D eigenvalue weighted by molar-refractivity contribution is 0.170. The topological polar surface area (TPSA) is 83.9 Å². The molecule has 8 nitrogen and oxygen atoms in total. The van der Waals surface area contributed by atoms with Crippen LogP contribution in [0.5, 0.6) is 5.75 Å². The first kappa shape index (κ1) is 18.3. The minimum absolute atomic E-state index is 0.515. The Kier molecular flexibility index (Phi) is 6.19. The van der Waals surface area contributed by atoms with E-state index in [2.05, 4.69) is 30.5 Å². The molecule has 1 aliphatic heterocycles. The van der Waals surface area contributed by atoms with E-state index in [1.807, 2.05) is 32.0 Å². The second kappa shape index (κ2) is 8.77.